The molecule has 1 fully saturated rings. The first-order valence-corrected chi connectivity index (χ1v) is 8.36. The van der Waals surface area contributed by atoms with Gasteiger partial charge in [-0.05, 0) is 36.3 Å². The molecule has 1 saturated heterocycles. The van der Waals surface area contributed by atoms with E-state index in [1.807, 2.05) is 37.3 Å². The summed E-state index contributed by atoms with van der Waals surface area (Å²) in [5.41, 5.74) is 1.81. The van der Waals surface area contributed by atoms with Crippen molar-refractivity contribution in [2.45, 2.75) is 13.0 Å². The smallest absolute Gasteiger partial charge is 0.266 e. The summed E-state index contributed by atoms with van der Waals surface area (Å²) in [5.74, 6) is -0.409. The quantitative estimate of drug-likeness (QED) is 0.590. The topological polar surface area (TPSA) is 20.3 Å². The highest BCUT2D eigenvalue weighted by atomic mass is 32.2. The van der Waals surface area contributed by atoms with Gasteiger partial charge in [-0.3, -0.25) is 9.69 Å². The lowest BCUT2D eigenvalue weighted by Crippen LogP contribution is -2.30. The van der Waals surface area contributed by atoms with Gasteiger partial charge < -0.3 is 0 Å². The van der Waals surface area contributed by atoms with Gasteiger partial charge >= 0.3 is 0 Å². The van der Waals surface area contributed by atoms with E-state index in [1.165, 1.54) is 23.9 Å². The summed E-state index contributed by atoms with van der Waals surface area (Å²) in [6, 6.07) is 15.7. The predicted molar refractivity (Wildman–Crippen MR) is 96.3 cm³/mol. The van der Waals surface area contributed by atoms with E-state index in [9.17, 15) is 9.18 Å². The molecule has 1 atom stereocenters. The predicted octanol–water partition coefficient (Wildman–Crippen LogP) is 4.79. The number of halogens is 1. The molecule has 0 radical (unpaired) electrons. The van der Waals surface area contributed by atoms with Crippen LogP contribution in [-0.4, -0.2) is 15.1 Å². The normalized spacial score (nSPS) is 17.8. The molecule has 1 unspecified atom stereocenters. The number of benzene rings is 2. The van der Waals surface area contributed by atoms with Crippen LogP contribution in [0.5, 0.6) is 0 Å². The first-order valence-electron chi connectivity index (χ1n) is 7.14. The van der Waals surface area contributed by atoms with Gasteiger partial charge in [-0.2, -0.15) is 0 Å². The number of carbonyl (C=O) groups excluding carboxylic acids is 1. The van der Waals surface area contributed by atoms with Gasteiger partial charge in [-0.15, -0.1) is 0 Å². The molecule has 23 heavy (non-hydrogen) atoms. The molecule has 2 aromatic carbocycles. The van der Waals surface area contributed by atoms with Crippen molar-refractivity contribution in [2.75, 3.05) is 0 Å². The second-order valence-corrected chi connectivity index (χ2v) is 6.87. The van der Waals surface area contributed by atoms with Crippen molar-refractivity contribution in [3.05, 3.63) is 76.4 Å². The Balaban J connectivity index is 1.86. The third kappa shape index (κ3) is 3.35. The Morgan fingerprint density at radius 3 is 2.43 bits per heavy atom. The van der Waals surface area contributed by atoms with Crippen LogP contribution in [0.25, 0.3) is 6.08 Å². The zero-order valence-electron chi connectivity index (χ0n) is 12.4. The van der Waals surface area contributed by atoms with Gasteiger partial charge in [0.1, 0.15) is 10.1 Å². The summed E-state index contributed by atoms with van der Waals surface area (Å²) in [4.78, 5) is 14.9. The SMILES string of the molecule is CC(c1ccccc1)N1C(=O)C(=Cc2ccc(F)cc2)SC1=S. The molecule has 1 heterocycles. The number of hydrogen-bond donors (Lipinski definition) is 0. The van der Waals surface area contributed by atoms with Gasteiger partial charge in [0.05, 0.1) is 10.9 Å². The van der Waals surface area contributed by atoms with Gasteiger partial charge in [0.15, 0.2) is 0 Å². The second-order valence-electron chi connectivity index (χ2n) is 5.19. The standard InChI is InChI=1S/C18H14FNOS2/c1-12(14-5-3-2-4-6-14)20-17(21)16(23-18(20)22)11-13-7-9-15(19)10-8-13/h2-12H,1H3. The van der Waals surface area contributed by atoms with E-state index in [-0.39, 0.29) is 17.8 Å². The molecule has 5 heteroatoms. The fourth-order valence-corrected chi connectivity index (χ4v) is 3.82. The third-order valence-electron chi connectivity index (χ3n) is 3.66. The minimum absolute atomic E-state index is 0.110. The number of thioether (sulfide) groups is 1. The van der Waals surface area contributed by atoms with E-state index in [1.54, 1.807) is 23.1 Å². The summed E-state index contributed by atoms with van der Waals surface area (Å²) < 4.78 is 13.5. The summed E-state index contributed by atoms with van der Waals surface area (Å²) in [7, 11) is 0. The number of thiocarbonyl (C=S) groups is 1. The minimum Gasteiger partial charge on any atom is -0.286 e. The molecule has 116 valence electrons. The average molecular weight is 343 g/mol. The van der Waals surface area contributed by atoms with E-state index in [4.69, 9.17) is 12.2 Å². The summed E-state index contributed by atoms with van der Waals surface area (Å²) >= 11 is 6.65. The Kier molecular flexibility index (Phi) is 4.59. The maximum atomic E-state index is 13.0. The fraction of sp³-hybridized carbons (Fsp3) is 0.111. The minimum atomic E-state index is -0.299. The van der Waals surface area contributed by atoms with E-state index in [0.717, 1.165) is 11.1 Å². The second kappa shape index (κ2) is 6.64. The lowest BCUT2D eigenvalue weighted by molar-refractivity contribution is -0.123. The molecule has 0 spiro atoms. The fourth-order valence-electron chi connectivity index (χ4n) is 2.40. The molecule has 2 aromatic rings. The van der Waals surface area contributed by atoms with Crippen molar-refractivity contribution in [3.8, 4) is 0 Å². The van der Waals surface area contributed by atoms with Crippen LogP contribution in [-0.2, 0) is 4.79 Å². The lowest BCUT2D eigenvalue weighted by atomic mass is 10.1. The van der Waals surface area contributed by atoms with Gasteiger partial charge in [0.25, 0.3) is 5.91 Å². The van der Waals surface area contributed by atoms with Crippen molar-refractivity contribution < 1.29 is 9.18 Å². The van der Waals surface area contributed by atoms with Crippen molar-refractivity contribution >= 4 is 40.3 Å². The van der Waals surface area contributed by atoms with Crippen LogP contribution in [0.3, 0.4) is 0 Å². The number of hydrogen-bond acceptors (Lipinski definition) is 3. The number of carbonyl (C=O) groups is 1. The highest BCUT2D eigenvalue weighted by molar-refractivity contribution is 8.26. The highest BCUT2D eigenvalue weighted by Crippen LogP contribution is 2.37. The zero-order valence-corrected chi connectivity index (χ0v) is 14.0. The molecule has 3 rings (SSSR count). The Labute approximate surface area is 144 Å². The van der Waals surface area contributed by atoms with Gasteiger partial charge in [-0.25, -0.2) is 4.39 Å². The van der Waals surface area contributed by atoms with E-state index < -0.39 is 0 Å². The Morgan fingerprint density at radius 1 is 1.13 bits per heavy atom. The van der Waals surface area contributed by atoms with Crippen LogP contribution in [0, 0.1) is 5.82 Å². The average Bonchev–Trinajstić information content (AvgIpc) is 2.84. The molecule has 0 bridgehead atoms. The molecule has 0 saturated carbocycles. The van der Waals surface area contributed by atoms with Crippen LogP contribution in [0.2, 0.25) is 0 Å². The Hall–Kier alpha value is -1.98. The number of amides is 1. The van der Waals surface area contributed by atoms with Crippen LogP contribution in [0.1, 0.15) is 24.1 Å². The maximum Gasteiger partial charge on any atom is 0.266 e. The zero-order chi connectivity index (χ0) is 16.4. The summed E-state index contributed by atoms with van der Waals surface area (Å²) in [5, 5.41) is 0. The first kappa shape index (κ1) is 15.9. The van der Waals surface area contributed by atoms with Crippen molar-refractivity contribution in [1.29, 1.82) is 0 Å². The van der Waals surface area contributed by atoms with Crippen LogP contribution in [0.15, 0.2) is 59.5 Å². The Bertz CT molecular complexity index is 771. The molecule has 0 aliphatic carbocycles. The van der Waals surface area contributed by atoms with Crippen molar-refractivity contribution in [2.24, 2.45) is 0 Å². The van der Waals surface area contributed by atoms with Crippen LogP contribution in [0.4, 0.5) is 4.39 Å². The van der Waals surface area contributed by atoms with Gasteiger partial charge in [0.2, 0.25) is 0 Å². The molecular weight excluding hydrogens is 329 g/mol. The highest BCUT2D eigenvalue weighted by Gasteiger charge is 2.35. The van der Waals surface area contributed by atoms with E-state index in [0.29, 0.717) is 9.23 Å². The summed E-state index contributed by atoms with van der Waals surface area (Å²) in [6.45, 7) is 1.96. The molecule has 2 nitrogen and oxygen atoms in total. The van der Waals surface area contributed by atoms with Crippen LogP contribution < -0.4 is 0 Å². The third-order valence-corrected chi connectivity index (χ3v) is 4.99. The van der Waals surface area contributed by atoms with E-state index >= 15 is 0 Å². The maximum absolute atomic E-state index is 13.0. The monoisotopic (exact) mass is 343 g/mol. The molecule has 1 aliphatic heterocycles. The summed E-state index contributed by atoms with van der Waals surface area (Å²) in [6.07, 6.45) is 1.75. The van der Waals surface area contributed by atoms with Crippen LogP contribution >= 0.6 is 24.0 Å². The molecule has 0 aromatic heterocycles. The van der Waals surface area contributed by atoms with E-state index in [2.05, 4.69) is 0 Å². The van der Waals surface area contributed by atoms with Gasteiger partial charge in [0, 0.05) is 0 Å². The molecule has 0 N–H and O–H groups in total. The van der Waals surface area contributed by atoms with Gasteiger partial charge in [-0.1, -0.05) is 66.4 Å². The van der Waals surface area contributed by atoms with Crippen molar-refractivity contribution in [3.63, 3.8) is 0 Å². The molecule has 1 aliphatic rings. The molecular formula is C18H14FNOS2. The number of nitrogens with zero attached hydrogens (tertiary/aromatic N) is 1. The lowest BCUT2D eigenvalue weighted by Gasteiger charge is -2.23. The first-order chi connectivity index (χ1) is 11.1. The number of rotatable bonds is 3. The van der Waals surface area contributed by atoms with Crippen molar-refractivity contribution in [1.82, 2.24) is 4.90 Å². The largest absolute Gasteiger partial charge is 0.286 e. The Morgan fingerprint density at radius 2 is 1.78 bits per heavy atom. The molecule has 1 amide bonds.